The van der Waals surface area contributed by atoms with E-state index >= 15 is 0 Å². The molecule has 0 fully saturated rings. The van der Waals surface area contributed by atoms with Gasteiger partial charge in [0, 0.05) is 5.56 Å². The van der Waals surface area contributed by atoms with Crippen molar-refractivity contribution < 1.29 is 18.9 Å². The molecule has 0 aliphatic heterocycles. The number of carbonyl (C=O) groups excluding carboxylic acids is 1. The molecular formula is C21H16N4O4. The van der Waals surface area contributed by atoms with E-state index < -0.39 is 0 Å². The molecule has 8 heteroatoms. The fourth-order valence-electron chi connectivity index (χ4n) is 2.59. The highest BCUT2D eigenvalue weighted by Gasteiger charge is 2.08. The molecule has 0 aliphatic carbocycles. The zero-order valence-corrected chi connectivity index (χ0v) is 15.4. The molecule has 0 aliphatic rings. The number of hydrazone groups is 1. The van der Waals surface area contributed by atoms with E-state index in [0.29, 0.717) is 28.1 Å². The number of methoxy groups -OCH3 is 1. The van der Waals surface area contributed by atoms with Crippen molar-refractivity contribution in [2.45, 2.75) is 0 Å². The zero-order chi connectivity index (χ0) is 20.1. The molecule has 144 valence electrons. The van der Waals surface area contributed by atoms with Crippen molar-refractivity contribution in [3.63, 3.8) is 0 Å². The number of rotatable bonds is 6. The van der Waals surface area contributed by atoms with Gasteiger partial charge in [0.15, 0.2) is 0 Å². The Morgan fingerprint density at radius 1 is 0.966 bits per heavy atom. The second-order valence-corrected chi connectivity index (χ2v) is 6.02. The lowest BCUT2D eigenvalue weighted by atomic mass is 10.2. The van der Waals surface area contributed by atoms with Gasteiger partial charge in [-0.25, -0.2) is 10.1 Å². The lowest BCUT2D eigenvalue weighted by Gasteiger charge is -2.07. The first-order valence-corrected chi connectivity index (χ1v) is 8.69. The van der Waals surface area contributed by atoms with E-state index in [-0.39, 0.29) is 5.91 Å². The molecule has 0 spiro atoms. The average Bonchev–Trinajstić information content (AvgIpc) is 3.22. The van der Waals surface area contributed by atoms with E-state index in [1.54, 1.807) is 25.3 Å². The topological polar surface area (TPSA) is 98.8 Å². The van der Waals surface area contributed by atoms with Crippen molar-refractivity contribution in [2.24, 2.45) is 5.10 Å². The summed E-state index contributed by atoms with van der Waals surface area (Å²) in [4.78, 5) is 12.2. The number of amides is 1. The SMILES string of the molecule is COc1ccc(Oc2cccc(C=NNC(=O)c3ccc4nonc4c3)c2)cc1. The van der Waals surface area contributed by atoms with Gasteiger partial charge in [-0.15, -0.1) is 0 Å². The summed E-state index contributed by atoms with van der Waals surface area (Å²) in [5.74, 6) is 1.73. The molecule has 4 rings (SSSR count). The molecular weight excluding hydrogens is 372 g/mol. The van der Waals surface area contributed by atoms with Gasteiger partial charge in [-0.1, -0.05) is 12.1 Å². The molecule has 1 N–H and O–H groups in total. The Kier molecular flexibility index (Phi) is 5.15. The summed E-state index contributed by atoms with van der Waals surface area (Å²) in [6.07, 6.45) is 1.54. The maximum Gasteiger partial charge on any atom is 0.271 e. The van der Waals surface area contributed by atoms with Crippen LogP contribution in [0, 0.1) is 0 Å². The number of aromatic nitrogens is 2. The van der Waals surface area contributed by atoms with E-state index in [4.69, 9.17) is 9.47 Å². The first kappa shape index (κ1) is 18.2. The minimum atomic E-state index is -0.364. The van der Waals surface area contributed by atoms with Gasteiger partial charge >= 0.3 is 0 Å². The first-order valence-electron chi connectivity index (χ1n) is 8.69. The quantitative estimate of drug-likeness (QED) is 0.399. The third-order valence-electron chi connectivity index (χ3n) is 4.05. The molecule has 0 unspecified atom stereocenters. The number of hydrogen-bond donors (Lipinski definition) is 1. The van der Waals surface area contributed by atoms with Gasteiger partial charge in [-0.05, 0) is 70.5 Å². The molecule has 1 amide bonds. The molecule has 8 nitrogen and oxygen atoms in total. The summed E-state index contributed by atoms with van der Waals surface area (Å²) in [7, 11) is 1.61. The molecule has 1 aromatic heterocycles. The number of fused-ring (bicyclic) bond motifs is 1. The van der Waals surface area contributed by atoms with E-state index in [2.05, 4.69) is 25.5 Å². The second-order valence-electron chi connectivity index (χ2n) is 6.02. The predicted octanol–water partition coefficient (Wildman–Crippen LogP) is 3.79. The van der Waals surface area contributed by atoms with Crippen LogP contribution in [0.15, 0.2) is 76.5 Å². The molecule has 0 radical (unpaired) electrons. The Balaban J connectivity index is 1.40. The van der Waals surface area contributed by atoms with Gasteiger partial charge in [-0.3, -0.25) is 4.79 Å². The minimum Gasteiger partial charge on any atom is -0.497 e. The largest absolute Gasteiger partial charge is 0.497 e. The monoisotopic (exact) mass is 388 g/mol. The molecule has 0 bridgehead atoms. The Morgan fingerprint density at radius 2 is 1.76 bits per heavy atom. The highest BCUT2D eigenvalue weighted by molar-refractivity contribution is 5.97. The third-order valence-corrected chi connectivity index (χ3v) is 4.05. The third kappa shape index (κ3) is 4.38. The summed E-state index contributed by atoms with van der Waals surface area (Å²) >= 11 is 0. The van der Waals surface area contributed by atoms with E-state index in [9.17, 15) is 4.79 Å². The normalized spacial score (nSPS) is 10.9. The second kappa shape index (κ2) is 8.22. The summed E-state index contributed by atoms with van der Waals surface area (Å²) in [6.45, 7) is 0. The molecule has 1 heterocycles. The maximum absolute atomic E-state index is 12.2. The number of benzene rings is 3. The van der Waals surface area contributed by atoms with Crippen LogP contribution in [0.25, 0.3) is 11.0 Å². The Labute approximate surface area is 165 Å². The Bertz CT molecular complexity index is 1170. The Hall–Kier alpha value is -4.20. The summed E-state index contributed by atoms with van der Waals surface area (Å²) in [6, 6.07) is 19.5. The molecule has 0 saturated carbocycles. The highest BCUT2D eigenvalue weighted by Crippen LogP contribution is 2.24. The van der Waals surface area contributed by atoms with Crippen LogP contribution >= 0.6 is 0 Å². The number of nitrogens with one attached hydrogen (secondary N) is 1. The van der Waals surface area contributed by atoms with Crippen LogP contribution < -0.4 is 14.9 Å². The number of hydrogen-bond acceptors (Lipinski definition) is 7. The lowest BCUT2D eigenvalue weighted by Crippen LogP contribution is -2.17. The number of nitrogens with zero attached hydrogens (tertiary/aromatic N) is 3. The Morgan fingerprint density at radius 3 is 2.59 bits per heavy atom. The zero-order valence-electron chi connectivity index (χ0n) is 15.4. The predicted molar refractivity (Wildman–Crippen MR) is 106 cm³/mol. The summed E-state index contributed by atoms with van der Waals surface area (Å²) in [5.41, 5.74) is 4.75. The number of ether oxygens (including phenoxy) is 2. The van der Waals surface area contributed by atoms with Gasteiger partial charge in [0.2, 0.25) is 0 Å². The van der Waals surface area contributed by atoms with Gasteiger partial charge in [0.25, 0.3) is 5.91 Å². The van der Waals surface area contributed by atoms with Crippen LogP contribution in [0.4, 0.5) is 0 Å². The van der Waals surface area contributed by atoms with Crippen molar-refractivity contribution in [3.8, 4) is 17.2 Å². The number of carbonyl (C=O) groups is 1. The maximum atomic E-state index is 12.2. The van der Waals surface area contributed by atoms with Crippen LogP contribution in [-0.2, 0) is 0 Å². The van der Waals surface area contributed by atoms with Gasteiger partial charge < -0.3 is 9.47 Å². The van der Waals surface area contributed by atoms with Crippen LogP contribution in [0.3, 0.4) is 0 Å². The van der Waals surface area contributed by atoms with Crippen LogP contribution in [0.5, 0.6) is 17.2 Å². The van der Waals surface area contributed by atoms with Crippen LogP contribution in [0.2, 0.25) is 0 Å². The van der Waals surface area contributed by atoms with E-state index in [1.807, 2.05) is 48.5 Å². The minimum absolute atomic E-state index is 0.364. The summed E-state index contributed by atoms with van der Waals surface area (Å²) < 4.78 is 15.6. The van der Waals surface area contributed by atoms with Gasteiger partial charge in [0.1, 0.15) is 28.3 Å². The van der Waals surface area contributed by atoms with Crippen molar-refractivity contribution in [1.82, 2.24) is 15.7 Å². The van der Waals surface area contributed by atoms with Gasteiger partial charge in [-0.2, -0.15) is 5.10 Å². The fraction of sp³-hybridized carbons (Fsp3) is 0.0476. The van der Waals surface area contributed by atoms with E-state index in [0.717, 1.165) is 11.3 Å². The van der Waals surface area contributed by atoms with Crippen molar-refractivity contribution >= 4 is 23.2 Å². The smallest absolute Gasteiger partial charge is 0.271 e. The molecule has 3 aromatic carbocycles. The molecule has 0 atom stereocenters. The first-order chi connectivity index (χ1) is 14.2. The van der Waals surface area contributed by atoms with Gasteiger partial charge in [0.05, 0.1) is 13.3 Å². The van der Waals surface area contributed by atoms with E-state index in [1.165, 1.54) is 6.21 Å². The average molecular weight is 388 g/mol. The lowest BCUT2D eigenvalue weighted by molar-refractivity contribution is 0.0955. The molecule has 0 saturated heterocycles. The van der Waals surface area contributed by atoms with Crippen molar-refractivity contribution in [1.29, 1.82) is 0 Å². The molecule has 4 aromatic rings. The van der Waals surface area contributed by atoms with Crippen LogP contribution in [-0.4, -0.2) is 29.5 Å². The van der Waals surface area contributed by atoms with Crippen LogP contribution in [0.1, 0.15) is 15.9 Å². The highest BCUT2D eigenvalue weighted by atomic mass is 16.6. The fourth-order valence-corrected chi connectivity index (χ4v) is 2.59. The van der Waals surface area contributed by atoms with Crippen molar-refractivity contribution in [2.75, 3.05) is 7.11 Å². The standard InChI is InChI=1S/C21H16N4O4/c1-27-16-6-8-17(9-7-16)28-18-4-2-3-14(11-18)13-22-23-21(26)15-5-10-19-20(12-15)25-29-24-19/h2-13H,1H3,(H,23,26). The summed E-state index contributed by atoms with van der Waals surface area (Å²) in [5, 5.41) is 11.4. The molecule has 29 heavy (non-hydrogen) atoms. The van der Waals surface area contributed by atoms with Crippen molar-refractivity contribution in [3.05, 3.63) is 77.9 Å².